The Labute approximate surface area is 102 Å². The number of carbonyl (C=O) groups excluding carboxylic acids is 2. The van der Waals surface area contributed by atoms with E-state index in [1.165, 1.54) is 20.6 Å². The molecule has 0 aromatic carbocycles. The molecule has 0 spiro atoms. The Morgan fingerprint density at radius 3 is 1.24 bits per heavy atom. The third-order valence-corrected chi connectivity index (χ3v) is 2.27. The molecule has 0 fully saturated rings. The number of hydrogen-bond acceptors (Lipinski definition) is 4. The molecule has 96 valence electrons. The first kappa shape index (κ1) is 15.4. The molecule has 0 bridgehead atoms. The summed E-state index contributed by atoms with van der Waals surface area (Å²) in [5, 5.41) is 0. The average molecular weight is 240 g/mol. The summed E-state index contributed by atoms with van der Waals surface area (Å²) in [6, 6.07) is 0. The van der Waals surface area contributed by atoms with E-state index in [4.69, 9.17) is 9.47 Å². The fourth-order valence-electron chi connectivity index (χ4n) is 1.26. The van der Waals surface area contributed by atoms with Gasteiger partial charge >= 0.3 is 0 Å². The average Bonchev–Trinajstić information content (AvgIpc) is 2.31. The molecule has 1 aliphatic rings. The topological polar surface area (TPSA) is 52.6 Å². The Morgan fingerprint density at radius 1 is 0.824 bits per heavy atom. The van der Waals surface area contributed by atoms with Gasteiger partial charge in [0.1, 0.15) is 0 Å². The number of carbonyl (C=O) groups is 2. The smallest absolute Gasteiger partial charge is 0.227 e. The van der Waals surface area contributed by atoms with Crippen molar-refractivity contribution in [3.05, 3.63) is 22.7 Å². The van der Waals surface area contributed by atoms with E-state index in [0.29, 0.717) is 11.1 Å². The minimum absolute atomic E-state index is 0.0133. The van der Waals surface area contributed by atoms with E-state index in [-0.39, 0.29) is 23.1 Å². The molecular formula is C13H20O4. The number of hydrogen-bond donors (Lipinski definition) is 0. The van der Waals surface area contributed by atoms with Gasteiger partial charge in [0, 0.05) is 11.1 Å². The number of ether oxygens (including phenoxy) is 2. The molecular weight excluding hydrogens is 220 g/mol. The lowest BCUT2D eigenvalue weighted by atomic mass is 9.94. The summed E-state index contributed by atoms with van der Waals surface area (Å²) in [4.78, 5) is 23.2. The highest BCUT2D eigenvalue weighted by Crippen LogP contribution is 2.24. The van der Waals surface area contributed by atoms with Crippen molar-refractivity contribution in [2.24, 2.45) is 0 Å². The van der Waals surface area contributed by atoms with Crippen molar-refractivity contribution in [1.29, 1.82) is 0 Å². The van der Waals surface area contributed by atoms with Crippen molar-refractivity contribution in [3.8, 4) is 0 Å². The van der Waals surface area contributed by atoms with Gasteiger partial charge in [0.05, 0.1) is 14.2 Å². The number of Topliss-reactive ketones (excluding diaryl/α,β-unsaturated/α-hetero) is 2. The van der Waals surface area contributed by atoms with Crippen LogP contribution < -0.4 is 0 Å². The fourth-order valence-corrected chi connectivity index (χ4v) is 1.26. The highest BCUT2D eigenvalue weighted by atomic mass is 16.5. The molecule has 0 aromatic heterocycles. The van der Waals surface area contributed by atoms with Gasteiger partial charge in [0.2, 0.25) is 23.1 Å². The lowest BCUT2D eigenvalue weighted by molar-refractivity contribution is -0.121. The van der Waals surface area contributed by atoms with Crippen LogP contribution in [0.15, 0.2) is 22.7 Å². The second-order valence-corrected chi connectivity index (χ2v) is 3.68. The van der Waals surface area contributed by atoms with Crippen molar-refractivity contribution < 1.29 is 19.1 Å². The van der Waals surface area contributed by atoms with Crippen LogP contribution in [0.2, 0.25) is 0 Å². The van der Waals surface area contributed by atoms with E-state index >= 15 is 0 Å². The summed E-state index contributed by atoms with van der Waals surface area (Å²) in [6.45, 7) is 7.45. The second-order valence-electron chi connectivity index (χ2n) is 3.68. The Kier molecular flexibility index (Phi) is 6.25. The van der Waals surface area contributed by atoms with E-state index in [0.717, 1.165) is 0 Å². The third kappa shape index (κ3) is 3.19. The van der Waals surface area contributed by atoms with E-state index < -0.39 is 0 Å². The molecule has 0 aromatic rings. The summed E-state index contributed by atoms with van der Waals surface area (Å²) < 4.78 is 9.69. The van der Waals surface area contributed by atoms with Gasteiger partial charge in [-0.1, -0.05) is 20.3 Å². The zero-order valence-corrected chi connectivity index (χ0v) is 11.3. The maximum atomic E-state index is 11.6. The van der Waals surface area contributed by atoms with Gasteiger partial charge in [-0.2, -0.15) is 0 Å². The van der Waals surface area contributed by atoms with Gasteiger partial charge in [-0.25, -0.2) is 0 Å². The van der Waals surface area contributed by atoms with Crippen LogP contribution in [0.25, 0.3) is 0 Å². The first-order valence-electron chi connectivity index (χ1n) is 5.55. The van der Waals surface area contributed by atoms with Gasteiger partial charge in [0.15, 0.2) is 0 Å². The number of ketones is 2. The molecule has 0 heterocycles. The molecule has 0 saturated carbocycles. The van der Waals surface area contributed by atoms with E-state index in [2.05, 4.69) is 13.8 Å². The number of methoxy groups -OCH3 is 2. The fraction of sp³-hybridized carbons (Fsp3) is 0.538. The summed E-state index contributed by atoms with van der Waals surface area (Å²) in [5.41, 5.74) is 0.820. The zero-order valence-electron chi connectivity index (χ0n) is 11.3. The molecule has 0 atom stereocenters. The monoisotopic (exact) mass is 240 g/mol. The van der Waals surface area contributed by atoms with Crippen LogP contribution >= 0.6 is 0 Å². The minimum Gasteiger partial charge on any atom is -0.489 e. The molecule has 0 aliphatic heterocycles. The maximum Gasteiger partial charge on any atom is 0.227 e. The number of allylic oxidation sites excluding steroid dienone is 2. The molecule has 0 amide bonds. The van der Waals surface area contributed by atoms with Gasteiger partial charge < -0.3 is 9.47 Å². The Bertz CT molecular complexity index is 341. The SMILES string of the molecule is CCC.COC1=C(OC)C(=O)C(C)=C(C)C1=O. The van der Waals surface area contributed by atoms with Gasteiger partial charge in [-0.3, -0.25) is 9.59 Å². The molecule has 1 aliphatic carbocycles. The summed E-state index contributed by atoms with van der Waals surface area (Å²) >= 11 is 0. The van der Waals surface area contributed by atoms with Crippen LogP contribution in [-0.2, 0) is 19.1 Å². The van der Waals surface area contributed by atoms with Gasteiger partial charge in [-0.05, 0) is 13.8 Å². The molecule has 1 rings (SSSR count). The molecule has 4 heteroatoms. The predicted octanol–water partition coefficient (Wildman–Crippen LogP) is 2.40. The first-order valence-corrected chi connectivity index (χ1v) is 5.55. The molecule has 0 saturated heterocycles. The van der Waals surface area contributed by atoms with E-state index in [1.807, 2.05) is 0 Å². The highest BCUT2D eigenvalue weighted by Gasteiger charge is 2.32. The van der Waals surface area contributed by atoms with E-state index in [9.17, 15) is 9.59 Å². The predicted molar refractivity (Wildman–Crippen MR) is 65.4 cm³/mol. The lowest BCUT2D eigenvalue weighted by Gasteiger charge is -2.17. The van der Waals surface area contributed by atoms with Crippen LogP contribution in [0.5, 0.6) is 0 Å². The van der Waals surface area contributed by atoms with E-state index in [1.54, 1.807) is 13.8 Å². The zero-order chi connectivity index (χ0) is 13.6. The standard InChI is InChI=1S/C10H12O4.C3H8/c1-5-6(2)8(12)10(14-4)9(13-3)7(5)11;1-3-2/h1-4H3;3H2,1-2H3. The molecule has 17 heavy (non-hydrogen) atoms. The van der Waals surface area contributed by atoms with Crippen LogP contribution in [-0.4, -0.2) is 25.8 Å². The molecule has 0 radical (unpaired) electrons. The Morgan fingerprint density at radius 2 is 1.06 bits per heavy atom. The summed E-state index contributed by atoms with van der Waals surface area (Å²) in [6.07, 6.45) is 1.25. The summed E-state index contributed by atoms with van der Waals surface area (Å²) in [5.74, 6) is -0.607. The second kappa shape index (κ2) is 6.89. The van der Waals surface area contributed by atoms with Crippen LogP contribution in [0.1, 0.15) is 34.1 Å². The van der Waals surface area contributed by atoms with Crippen molar-refractivity contribution in [2.75, 3.05) is 14.2 Å². The van der Waals surface area contributed by atoms with Crippen LogP contribution in [0.4, 0.5) is 0 Å². The molecule has 0 unspecified atom stereocenters. The quantitative estimate of drug-likeness (QED) is 0.695. The normalized spacial score (nSPS) is 15.6. The Hall–Kier alpha value is -1.58. The van der Waals surface area contributed by atoms with Crippen LogP contribution in [0, 0.1) is 0 Å². The van der Waals surface area contributed by atoms with Gasteiger partial charge in [-0.15, -0.1) is 0 Å². The van der Waals surface area contributed by atoms with Crippen molar-refractivity contribution in [1.82, 2.24) is 0 Å². The molecule has 0 N–H and O–H groups in total. The largest absolute Gasteiger partial charge is 0.489 e. The Balaban J connectivity index is 0.000000770. The first-order chi connectivity index (χ1) is 7.95. The minimum atomic E-state index is -0.290. The van der Waals surface area contributed by atoms with Crippen molar-refractivity contribution in [2.45, 2.75) is 34.1 Å². The summed E-state index contributed by atoms with van der Waals surface area (Å²) in [7, 11) is 2.68. The van der Waals surface area contributed by atoms with Gasteiger partial charge in [0.25, 0.3) is 0 Å². The third-order valence-electron chi connectivity index (χ3n) is 2.27. The van der Waals surface area contributed by atoms with Crippen molar-refractivity contribution in [3.63, 3.8) is 0 Å². The molecule has 4 nitrogen and oxygen atoms in total. The maximum absolute atomic E-state index is 11.6. The van der Waals surface area contributed by atoms with Crippen LogP contribution in [0.3, 0.4) is 0 Å². The lowest BCUT2D eigenvalue weighted by Crippen LogP contribution is -2.23. The number of rotatable bonds is 2. The van der Waals surface area contributed by atoms with Crippen molar-refractivity contribution >= 4 is 11.6 Å². The highest BCUT2D eigenvalue weighted by molar-refractivity contribution is 6.23.